The third-order valence-corrected chi connectivity index (χ3v) is 2.34. The normalized spacial score (nSPS) is 10.1. The zero-order valence-corrected chi connectivity index (χ0v) is 9.66. The summed E-state index contributed by atoms with van der Waals surface area (Å²) in [6.07, 6.45) is 0.555. The number of hydrogen-bond donors (Lipinski definition) is 0. The summed E-state index contributed by atoms with van der Waals surface area (Å²) in [5.41, 5.74) is 1.95. The van der Waals surface area contributed by atoms with Crippen molar-refractivity contribution >= 4 is 5.91 Å². The highest BCUT2D eigenvalue weighted by molar-refractivity contribution is 5.75. The van der Waals surface area contributed by atoms with E-state index in [1.54, 1.807) is 0 Å². The van der Waals surface area contributed by atoms with E-state index in [0.717, 1.165) is 17.9 Å². The first-order valence-electron chi connectivity index (χ1n) is 5.37. The van der Waals surface area contributed by atoms with Gasteiger partial charge in [-0.1, -0.05) is 13.0 Å². The number of carbonyl (C=O) groups is 1. The van der Waals surface area contributed by atoms with Crippen LogP contribution in [-0.2, 0) is 11.3 Å². The Hall–Kier alpha value is -1.38. The molecule has 1 amide bonds. The van der Waals surface area contributed by atoms with Gasteiger partial charge in [-0.3, -0.25) is 9.78 Å². The first-order valence-corrected chi connectivity index (χ1v) is 5.37. The quantitative estimate of drug-likeness (QED) is 0.756. The van der Waals surface area contributed by atoms with Crippen LogP contribution in [0.1, 0.15) is 31.7 Å². The van der Waals surface area contributed by atoms with Crippen molar-refractivity contribution in [3.8, 4) is 0 Å². The summed E-state index contributed by atoms with van der Waals surface area (Å²) in [4.78, 5) is 17.7. The van der Waals surface area contributed by atoms with Crippen LogP contribution in [-0.4, -0.2) is 22.3 Å². The largest absolute Gasteiger partial charge is 0.337 e. The van der Waals surface area contributed by atoms with Gasteiger partial charge in [0.15, 0.2) is 0 Å². The third kappa shape index (κ3) is 3.35. The van der Waals surface area contributed by atoms with Gasteiger partial charge in [0, 0.05) is 18.7 Å². The van der Waals surface area contributed by atoms with Gasteiger partial charge in [0.25, 0.3) is 0 Å². The molecule has 0 aliphatic carbocycles. The molecule has 0 saturated carbocycles. The predicted octanol–water partition coefficient (Wildman–Crippen LogP) is 2.15. The molecule has 0 bridgehead atoms. The molecule has 0 atom stereocenters. The molecule has 0 radical (unpaired) electrons. The van der Waals surface area contributed by atoms with E-state index in [9.17, 15) is 4.79 Å². The van der Waals surface area contributed by atoms with Gasteiger partial charge < -0.3 is 4.90 Å². The van der Waals surface area contributed by atoms with Gasteiger partial charge in [-0.05, 0) is 26.0 Å². The smallest absolute Gasteiger partial charge is 0.222 e. The van der Waals surface area contributed by atoms with E-state index < -0.39 is 0 Å². The van der Waals surface area contributed by atoms with Crippen LogP contribution in [0.5, 0.6) is 0 Å². The number of amides is 1. The van der Waals surface area contributed by atoms with E-state index in [0.29, 0.717) is 13.0 Å². The molecule has 0 aliphatic rings. The highest BCUT2D eigenvalue weighted by Crippen LogP contribution is 2.04. The Labute approximate surface area is 91.1 Å². The van der Waals surface area contributed by atoms with Crippen LogP contribution in [0.2, 0.25) is 0 Å². The lowest BCUT2D eigenvalue weighted by molar-refractivity contribution is -0.131. The SMILES string of the molecule is CCC(=O)N(CC)Cc1cccc(C)n1. The number of rotatable bonds is 4. The molecule has 0 N–H and O–H groups in total. The first-order chi connectivity index (χ1) is 7.17. The maximum absolute atomic E-state index is 11.5. The van der Waals surface area contributed by atoms with Gasteiger partial charge in [-0.2, -0.15) is 0 Å². The van der Waals surface area contributed by atoms with Crippen LogP contribution in [0.4, 0.5) is 0 Å². The highest BCUT2D eigenvalue weighted by atomic mass is 16.2. The van der Waals surface area contributed by atoms with Crippen molar-refractivity contribution < 1.29 is 4.79 Å². The summed E-state index contributed by atoms with van der Waals surface area (Å²) in [5.74, 6) is 0.181. The second kappa shape index (κ2) is 5.49. The van der Waals surface area contributed by atoms with E-state index in [4.69, 9.17) is 0 Å². The number of aromatic nitrogens is 1. The van der Waals surface area contributed by atoms with Gasteiger partial charge >= 0.3 is 0 Å². The van der Waals surface area contributed by atoms with Gasteiger partial charge in [0.2, 0.25) is 5.91 Å². The third-order valence-electron chi connectivity index (χ3n) is 2.34. The second-order valence-electron chi connectivity index (χ2n) is 3.53. The molecule has 0 unspecified atom stereocenters. The van der Waals surface area contributed by atoms with Crippen LogP contribution in [0.25, 0.3) is 0 Å². The number of aryl methyl sites for hydroxylation is 1. The molecule has 1 rings (SSSR count). The number of pyridine rings is 1. The molecule has 0 saturated heterocycles. The molecular formula is C12H18N2O. The number of carbonyl (C=O) groups excluding carboxylic acids is 1. The van der Waals surface area contributed by atoms with Crippen LogP contribution in [0, 0.1) is 6.92 Å². The molecule has 1 heterocycles. The summed E-state index contributed by atoms with van der Waals surface area (Å²) in [6, 6.07) is 5.89. The van der Waals surface area contributed by atoms with Crippen LogP contribution < -0.4 is 0 Å². The lowest BCUT2D eigenvalue weighted by atomic mass is 10.3. The minimum atomic E-state index is 0.181. The standard InChI is InChI=1S/C12H18N2O/c1-4-12(15)14(5-2)9-11-8-6-7-10(3)13-11/h6-8H,4-5,9H2,1-3H3. The molecule has 3 heteroatoms. The molecule has 82 valence electrons. The Balaban J connectivity index is 2.70. The predicted molar refractivity (Wildman–Crippen MR) is 60.4 cm³/mol. The van der Waals surface area contributed by atoms with Crippen molar-refractivity contribution in [2.24, 2.45) is 0 Å². The van der Waals surface area contributed by atoms with E-state index in [1.165, 1.54) is 0 Å². The minimum Gasteiger partial charge on any atom is -0.337 e. The minimum absolute atomic E-state index is 0.181. The molecular weight excluding hydrogens is 188 g/mol. The van der Waals surface area contributed by atoms with Crippen molar-refractivity contribution in [1.29, 1.82) is 0 Å². The molecule has 0 fully saturated rings. The van der Waals surface area contributed by atoms with E-state index in [1.807, 2.05) is 43.9 Å². The average molecular weight is 206 g/mol. The van der Waals surface area contributed by atoms with Gasteiger partial charge in [-0.25, -0.2) is 0 Å². The van der Waals surface area contributed by atoms with E-state index >= 15 is 0 Å². The number of hydrogen-bond acceptors (Lipinski definition) is 2. The Morgan fingerprint density at radius 1 is 1.40 bits per heavy atom. The topological polar surface area (TPSA) is 33.2 Å². The fraction of sp³-hybridized carbons (Fsp3) is 0.500. The fourth-order valence-corrected chi connectivity index (χ4v) is 1.48. The molecule has 3 nitrogen and oxygen atoms in total. The summed E-state index contributed by atoms with van der Waals surface area (Å²) in [5, 5.41) is 0. The Kier molecular flexibility index (Phi) is 4.28. The van der Waals surface area contributed by atoms with Crippen LogP contribution >= 0.6 is 0 Å². The van der Waals surface area contributed by atoms with Crippen molar-refractivity contribution in [3.05, 3.63) is 29.6 Å². The second-order valence-corrected chi connectivity index (χ2v) is 3.53. The maximum Gasteiger partial charge on any atom is 0.222 e. The Morgan fingerprint density at radius 2 is 2.13 bits per heavy atom. The summed E-state index contributed by atoms with van der Waals surface area (Å²) in [7, 11) is 0. The zero-order valence-electron chi connectivity index (χ0n) is 9.66. The molecule has 0 aliphatic heterocycles. The fourth-order valence-electron chi connectivity index (χ4n) is 1.48. The van der Waals surface area contributed by atoms with Gasteiger partial charge in [0.1, 0.15) is 0 Å². The molecule has 0 aromatic carbocycles. The Bertz CT molecular complexity index is 336. The first kappa shape index (κ1) is 11.7. The van der Waals surface area contributed by atoms with Crippen LogP contribution in [0.15, 0.2) is 18.2 Å². The maximum atomic E-state index is 11.5. The zero-order chi connectivity index (χ0) is 11.3. The summed E-state index contributed by atoms with van der Waals surface area (Å²) in [6.45, 7) is 7.19. The van der Waals surface area contributed by atoms with Crippen molar-refractivity contribution in [2.45, 2.75) is 33.7 Å². The van der Waals surface area contributed by atoms with Crippen molar-refractivity contribution in [1.82, 2.24) is 9.88 Å². The summed E-state index contributed by atoms with van der Waals surface area (Å²) < 4.78 is 0. The van der Waals surface area contributed by atoms with E-state index in [-0.39, 0.29) is 5.91 Å². The molecule has 0 spiro atoms. The lowest BCUT2D eigenvalue weighted by Crippen LogP contribution is -2.29. The average Bonchev–Trinajstić information content (AvgIpc) is 2.25. The van der Waals surface area contributed by atoms with Crippen LogP contribution in [0.3, 0.4) is 0 Å². The monoisotopic (exact) mass is 206 g/mol. The van der Waals surface area contributed by atoms with E-state index in [2.05, 4.69) is 4.98 Å². The summed E-state index contributed by atoms with van der Waals surface area (Å²) >= 11 is 0. The lowest BCUT2D eigenvalue weighted by Gasteiger charge is -2.19. The molecule has 1 aromatic rings. The molecule has 1 aromatic heterocycles. The number of nitrogens with zero attached hydrogens (tertiary/aromatic N) is 2. The Morgan fingerprint density at radius 3 is 2.67 bits per heavy atom. The van der Waals surface area contributed by atoms with Crippen molar-refractivity contribution in [2.75, 3.05) is 6.54 Å². The highest BCUT2D eigenvalue weighted by Gasteiger charge is 2.09. The van der Waals surface area contributed by atoms with Gasteiger partial charge in [-0.15, -0.1) is 0 Å². The molecule has 15 heavy (non-hydrogen) atoms. The van der Waals surface area contributed by atoms with Crippen molar-refractivity contribution in [3.63, 3.8) is 0 Å². The van der Waals surface area contributed by atoms with Gasteiger partial charge in [0.05, 0.1) is 12.2 Å².